The number of pyridine rings is 1. The van der Waals surface area contributed by atoms with Crippen molar-refractivity contribution in [1.29, 1.82) is 0 Å². The molecule has 2 saturated heterocycles. The summed E-state index contributed by atoms with van der Waals surface area (Å²) in [5.41, 5.74) is 0.724. The van der Waals surface area contributed by atoms with E-state index in [1.54, 1.807) is 24.5 Å². The van der Waals surface area contributed by atoms with E-state index in [0.717, 1.165) is 18.4 Å². The normalized spacial score (nSPS) is 20.6. The van der Waals surface area contributed by atoms with Gasteiger partial charge in [0.1, 0.15) is 24.7 Å². The molecule has 2 aliphatic rings. The second kappa shape index (κ2) is 12.1. The number of nitrogens with zero attached hydrogens (tertiary/aromatic N) is 3. The van der Waals surface area contributed by atoms with Crippen LogP contribution in [0.3, 0.4) is 0 Å². The lowest BCUT2D eigenvalue weighted by Crippen LogP contribution is -2.56. The summed E-state index contributed by atoms with van der Waals surface area (Å²) in [4.78, 5) is 68.1. The Kier molecular flexibility index (Phi) is 8.98. The highest BCUT2D eigenvalue weighted by atomic mass is 16.6. The van der Waals surface area contributed by atoms with E-state index in [1.165, 1.54) is 16.7 Å². The molecule has 3 atom stereocenters. The van der Waals surface area contributed by atoms with E-state index in [4.69, 9.17) is 4.74 Å². The van der Waals surface area contributed by atoms with Crippen LogP contribution in [0.15, 0.2) is 24.5 Å². The van der Waals surface area contributed by atoms with E-state index >= 15 is 0 Å². The van der Waals surface area contributed by atoms with Gasteiger partial charge < -0.3 is 25.4 Å². The summed E-state index contributed by atoms with van der Waals surface area (Å²) in [7, 11) is 0. The molecular formula is C23H31N5O7. The van der Waals surface area contributed by atoms with Crippen molar-refractivity contribution in [2.24, 2.45) is 0 Å². The molecule has 1 aromatic heterocycles. The van der Waals surface area contributed by atoms with Crippen molar-refractivity contribution in [2.75, 3.05) is 19.6 Å². The first-order valence-electron chi connectivity index (χ1n) is 11.7. The minimum absolute atomic E-state index is 0.0318. The van der Waals surface area contributed by atoms with Gasteiger partial charge >= 0.3 is 12.1 Å². The van der Waals surface area contributed by atoms with E-state index in [-0.39, 0.29) is 13.2 Å². The van der Waals surface area contributed by atoms with Crippen LogP contribution in [0.5, 0.6) is 0 Å². The van der Waals surface area contributed by atoms with Gasteiger partial charge in [-0.05, 0) is 45.1 Å². The van der Waals surface area contributed by atoms with Crippen LogP contribution in [-0.4, -0.2) is 87.4 Å². The summed E-state index contributed by atoms with van der Waals surface area (Å²) in [5, 5.41) is 14.3. The summed E-state index contributed by atoms with van der Waals surface area (Å²) in [6.07, 6.45) is 5.47. The Morgan fingerprint density at radius 1 is 1.11 bits per heavy atom. The number of aromatic nitrogens is 1. The highest BCUT2D eigenvalue weighted by Crippen LogP contribution is 2.19. The summed E-state index contributed by atoms with van der Waals surface area (Å²) in [6, 6.07) is 0.890. The minimum atomic E-state index is -1.07. The molecule has 0 saturated carbocycles. The third-order valence-corrected chi connectivity index (χ3v) is 6.15. The van der Waals surface area contributed by atoms with Crippen LogP contribution >= 0.6 is 0 Å². The van der Waals surface area contributed by atoms with Crippen molar-refractivity contribution in [1.82, 2.24) is 25.4 Å². The minimum Gasteiger partial charge on any atom is -0.480 e. The number of carboxylic acid groups (broad SMARTS) is 1. The van der Waals surface area contributed by atoms with Gasteiger partial charge in [-0.1, -0.05) is 6.07 Å². The average Bonchev–Trinajstić information content (AvgIpc) is 3.37. The van der Waals surface area contributed by atoms with E-state index in [1.807, 2.05) is 0 Å². The number of rotatable bonds is 8. The third kappa shape index (κ3) is 6.90. The number of carbonyl (C=O) groups excluding carboxylic acids is 4. The first-order chi connectivity index (χ1) is 16.8. The van der Waals surface area contributed by atoms with Crippen molar-refractivity contribution in [3.8, 4) is 0 Å². The van der Waals surface area contributed by atoms with Gasteiger partial charge in [-0.2, -0.15) is 0 Å². The monoisotopic (exact) mass is 489 g/mol. The van der Waals surface area contributed by atoms with Gasteiger partial charge in [-0.3, -0.25) is 24.3 Å². The Balaban J connectivity index is 1.49. The molecule has 3 N–H and O–H groups in total. The highest BCUT2D eigenvalue weighted by Gasteiger charge is 2.36. The summed E-state index contributed by atoms with van der Waals surface area (Å²) in [6.45, 7) is 1.83. The zero-order valence-corrected chi connectivity index (χ0v) is 19.6. The zero-order valence-electron chi connectivity index (χ0n) is 19.6. The fraction of sp³-hybridized carbons (Fsp3) is 0.565. The first kappa shape index (κ1) is 25.9. The number of aliphatic carboxylic acids is 1. The van der Waals surface area contributed by atoms with Gasteiger partial charge in [0.2, 0.25) is 17.7 Å². The fourth-order valence-corrected chi connectivity index (χ4v) is 4.25. The molecule has 1 aromatic rings. The predicted octanol–water partition coefficient (Wildman–Crippen LogP) is 0.269. The summed E-state index contributed by atoms with van der Waals surface area (Å²) < 4.78 is 5.34. The van der Waals surface area contributed by atoms with E-state index in [0.29, 0.717) is 32.4 Å². The molecule has 190 valence electrons. The molecular weight excluding hydrogens is 458 g/mol. The van der Waals surface area contributed by atoms with Crippen LogP contribution in [0.25, 0.3) is 0 Å². The number of nitrogens with one attached hydrogen (secondary N) is 2. The lowest BCUT2D eigenvalue weighted by Gasteiger charge is -2.34. The number of ether oxygens (including phenoxy) is 1. The molecule has 2 fully saturated rings. The first-order valence-corrected chi connectivity index (χ1v) is 11.7. The molecule has 0 aromatic carbocycles. The number of likely N-dealkylation sites (tertiary alicyclic amines) is 2. The predicted molar refractivity (Wildman–Crippen MR) is 122 cm³/mol. The maximum atomic E-state index is 12.9. The summed E-state index contributed by atoms with van der Waals surface area (Å²) >= 11 is 0. The van der Waals surface area contributed by atoms with Crippen LogP contribution in [0.4, 0.5) is 4.79 Å². The Labute approximate surface area is 203 Å². The van der Waals surface area contributed by atoms with Gasteiger partial charge in [-0.15, -0.1) is 0 Å². The molecule has 0 bridgehead atoms. The summed E-state index contributed by atoms with van der Waals surface area (Å²) in [5.74, 6) is -2.63. The van der Waals surface area contributed by atoms with Crippen molar-refractivity contribution >= 4 is 29.8 Å². The maximum Gasteiger partial charge on any atom is 0.410 e. The molecule has 3 heterocycles. The number of hydrogen-bond donors (Lipinski definition) is 3. The number of piperidine rings is 1. The topological polar surface area (TPSA) is 158 Å². The highest BCUT2D eigenvalue weighted by molar-refractivity contribution is 5.93. The van der Waals surface area contributed by atoms with Crippen molar-refractivity contribution < 1.29 is 33.8 Å². The van der Waals surface area contributed by atoms with Crippen molar-refractivity contribution in [3.05, 3.63) is 30.1 Å². The molecule has 12 nitrogen and oxygen atoms in total. The van der Waals surface area contributed by atoms with Gasteiger partial charge in [0.25, 0.3) is 0 Å². The smallest absolute Gasteiger partial charge is 0.410 e. The van der Waals surface area contributed by atoms with Crippen molar-refractivity contribution in [2.45, 2.75) is 63.8 Å². The van der Waals surface area contributed by atoms with Crippen LogP contribution < -0.4 is 10.6 Å². The zero-order chi connectivity index (χ0) is 25.4. The van der Waals surface area contributed by atoms with Crippen LogP contribution in [0, 0.1) is 0 Å². The largest absolute Gasteiger partial charge is 0.480 e. The van der Waals surface area contributed by atoms with Gasteiger partial charge in [0.05, 0.1) is 6.54 Å². The van der Waals surface area contributed by atoms with E-state index < -0.39 is 47.9 Å². The second-order valence-corrected chi connectivity index (χ2v) is 8.65. The number of carbonyl (C=O) groups is 5. The molecule has 0 spiro atoms. The Hall–Kier alpha value is -3.70. The molecule has 4 amide bonds. The van der Waals surface area contributed by atoms with Gasteiger partial charge in [0.15, 0.2) is 0 Å². The fourth-order valence-electron chi connectivity index (χ4n) is 4.25. The van der Waals surface area contributed by atoms with Crippen LogP contribution in [-0.2, 0) is 30.5 Å². The molecule has 0 unspecified atom stereocenters. The Bertz CT molecular complexity index is 941. The standard InChI is InChI=1S/C23H31N5O7/c1-15(20(30)25-13-19(29)27-11-5-8-18(27)22(32)33)26-21(31)17-7-2-3-10-28(17)23(34)35-14-16-6-4-9-24-12-16/h4,6,9,12,15,17-18H,2-3,5,7-8,10-11,13-14H2,1H3,(H,25,30)(H,26,31)(H,32,33)/t15-,17-,18-/m0/s1. The average molecular weight is 490 g/mol. The second-order valence-electron chi connectivity index (χ2n) is 8.65. The molecule has 0 aliphatic carbocycles. The SMILES string of the molecule is C[C@H](NC(=O)[C@@H]1CCCCN1C(=O)OCc1cccnc1)C(=O)NCC(=O)N1CCC[C@H]1C(=O)O. The molecule has 12 heteroatoms. The van der Waals surface area contributed by atoms with Crippen molar-refractivity contribution in [3.63, 3.8) is 0 Å². The van der Waals surface area contributed by atoms with E-state index in [9.17, 15) is 29.1 Å². The Morgan fingerprint density at radius 3 is 2.57 bits per heavy atom. The molecule has 3 rings (SSSR count). The van der Waals surface area contributed by atoms with Gasteiger partial charge in [-0.25, -0.2) is 9.59 Å². The van der Waals surface area contributed by atoms with Gasteiger partial charge in [0, 0.05) is 31.0 Å². The quantitative estimate of drug-likeness (QED) is 0.469. The number of carboxylic acids is 1. The van der Waals surface area contributed by atoms with Crippen LogP contribution in [0.1, 0.15) is 44.6 Å². The lowest BCUT2D eigenvalue weighted by atomic mass is 10.0. The lowest BCUT2D eigenvalue weighted by molar-refractivity contribution is -0.148. The number of hydrogen-bond acceptors (Lipinski definition) is 7. The molecule has 0 radical (unpaired) electrons. The Morgan fingerprint density at radius 2 is 1.86 bits per heavy atom. The molecule has 2 aliphatic heterocycles. The maximum absolute atomic E-state index is 12.9. The molecule has 35 heavy (non-hydrogen) atoms. The third-order valence-electron chi connectivity index (χ3n) is 6.15. The van der Waals surface area contributed by atoms with Crippen LogP contribution in [0.2, 0.25) is 0 Å². The van der Waals surface area contributed by atoms with E-state index in [2.05, 4.69) is 15.6 Å². The number of amides is 4.